The highest BCUT2D eigenvalue weighted by Crippen LogP contribution is 2.15. The summed E-state index contributed by atoms with van der Waals surface area (Å²) >= 11 is 0. The van der Waals surface area contributed by atoms with Crippen molar-refractivity contribution in [2.24, 2.45) is 0 Å². The second-order valence-corrected chi connectivity index (χ2v) is 3.17. The van der Waals surface area contributed by atoms with Gasteiger partial charge in [0.2, 0.25) is 0 Å². The van der Waals surface area contributed by atoms with Gasteiger partial charge in [0.05, 0.1) is 6.04 Å². The van der Waals surface area contributed by atoms with Crippen LogP contribution in [0.15, 0.2) is 23.4 Å². The molecule has 0 spiro atoms. The van der Waals surface area contributed by atoms with Crippen LogP contribution in [0.1, 0.15) is 29.0 Å². The van der Waals surface area contributed by atoms with Gasteiger partial charge in [0.1, 0.15) is 24.1 Å². The van der Waals surface area contributed by atoms with Gasteiger partial charge in [-0.2, -0.15) is 0 Å². The lowest BCUT2D eigenvalue weighted by molar-refractivity contribution is 0.0694. The van der Waals surface area contributed by atoms with Gasteiger partial charge in [-0.05, 0) is 6.92 Å². The number of carboxylic acids is 1. The monoisotopic (exact) mass is 240 g/mol. The fraction of sp³-hybridized carbons (Fsp3) is 0.300. The summed E-state index contributed by atoms with van der Waals surface area (Å²) in [5.74, 6) is -1.17. The summed E-state index contributed by atoms with van der Waals surface area (Å²) in [5, 5.41) is 14.8. The molecule has 0 bridgehead atoms. The van der Waals surface area contributed by atoms with E-state index in [4.69, 9.17) is 5.11 Å². The van der Waals surface area contributed by atoms with Crippen molar-refractivity contribution < 1.29 is 24.0 Å². The molecular weight excluding hydrogens is 228 g/mol. The molecule has 1 aromatic rings. The lowest BCUT2D eigenvalue weighted by Crippen LogP contribution is -2.28. The number of nitrogens with one attached hydrogen (secondary N) is 1. The van der Waals surface area contributed by atoms with E-state index in [-0.39, 0.29) is 17.9 Å². The average Bonchev–Trinajstić information content (AvgIpc) is 2.75. The highest BCUT2D eigenvalue weighted by atomic mass is 16.5. The molecular formula is C10H12N2O5. The normalized spacial score (nSPS) is 11.6. The van der Waals surface area contributed by atoms with Crippen LogP contribution in [0.5, 0.6) is 0 Å². The maximum atomic E-state index is 11.2. The number of hydrogen-bond donors (Lipinski definition) is 2. The Kier molecular flexibility index (Phi) is 4.27. The second kappa shape index (κ2) is 5.69. The van der Waals surface area contributed by atoms with Crippen molar-refractivity contribution in [3.63, 3.8) is 0 Å². The van der Waals surface area contributed by atoms with Crippen molar-refractivity contribution in [3.05, 3.63) is 30.2 Å². The molecule has 1 aromatic heterocycles. The summed E-state index contributed by atoms with van der Waals surface area (Å²) in [6.45, 7) is 5.03. The Hall–Kier alpha value is -2.31. The molecule has 1 unspecified atom stereocenters. The van der Waals surface area contributed by atoms with Gasteiger partial charge in [0.15, 0.2) is 0 Å². The summed E-state index contributed by atoms with van der Waals surface area (Å²) in [7, 11) is 0. The van der Waals surface area contributed by atoms with Gasteiger partial charge in [-0.15, -0.1) is 0 Å². The molecule has 7 heteroatoms. The van der Waals surface area contributed by atoms with Crippen LogP contribution in [0, 0.1) is 0 Å². The zero-order valence-corrected chi connectivity index (χ0v) is 9.17. The Morgan fingerprint density at radius 3 is 3.06 bits per heavy atom. The van der Waals surface area contributed by atoms with E-state index < -0.39 is 18.1 Å². The van der Waals surface area contributed by atoms with Crippen LogP contribution in [0.25, 0.3) is 0 Å². The lowest BCUT2D eigenvalue weighted by atomic mass is 10.1. The number of aromatic nitrogens is 1. The molecule has 0 aliphatic carbocycles. The van der Waals surface area contributed by atoms with E-state index in [0.717, 1.165) is 6.26 Å². The summed E-state index contributed by atoms with van der Waals surface area (Å²) in [4.78, 5) is 22.0. The van der Waals surface area contributed by atoms with Crippen LogP contribution < -0.4 is 5.32 Å². The lowest BCUT2D eigenvalue weighted by Gasteiger charge is -2.11. The summed E-state index contributed by atoms with van der Waals surface area (Å²) in [6, 6.07) is -0.628. The molecule has 2 N–H and O–H groups in total. The van der Waals surface area contributed by atoms with Crippen LogP contribution in [-0.4, -0.2) is 28.9 Å². The van der Waals surface area contributed by atoms with Crippen LogP contribution in [-0.2, 0) is 4.74 Å². The second-order valence-electron chi connectivity index (χ2n) is 3.17. The van der Waals surface area contributed by atoms with Crippen molar-refractivity contribution in [2.75, 3.05) is 6.61 Å². The van der Waals surface area contributed by atoms with Gasteiger partial charge >= 0.3 is 12.1 Å². The Morgan fingerprint density at radius 2 is 2.47 bits per heavy atom. The molecule has 1 rings (SSSR count). The third-order valence-corrected chi connectivity index (χ3v) is 1.90. The maximum Gasteiger partial charge on any atom is 0.407 e. The van der Waals surface area contributed by atoms with E-state index in [0.29, 0.717) is 0 Å². The molecule has 92 valence electrons. The van der Waals surface area contributed by atoms with Gasteiger partial charge in [-0.25, -0.2) is 9.59 Å². The molecule has 0 radical (unpaired) electrons. The number of alkyl carbamates (subject to hydrolysis) is 1. The topological polar surface area (TPSA) is 102 Å². The van der Waals surface area contributed by atoms with Crippen molar-refractivity contribution in [3.8, 4) is 0 Å². The third kappa shape index (κ3) is 3.33. The minimum atomic E-state index is -1.17. The summed E-state index contributed by atoms with van der Waals surface area (Å²) in [5.41, 5.74) is 0.0366. The number of carboxylic acid groups (broad SMARTS) is 1. The Balaban J connectivity index is 2.66. The van der Waals surface area contributed by atoms with Gasteiger partial charge in [-0.3, -0.25) is 0 Å². The number of rotatable bonds is 5. The minimum Gasteiger partial charge on any atom is -0.478 e. The zero-order chi connectivity index (χ0) is 12.8. The summed E-state index contributed by atoms with van der Waals surface area (Å²) < 4.78 is 9.24. The summed E-state index contributed by atoms with van der Waals surface area (Å²) in [6.07, 6.45) is 1.74. The number of carbonyl (C=O) groups is 2. The van der Waals surface area contributed by atoms with Crippen molar-refractivity contribution in [2.45, 2.75) is 13.0 Å². The van der Waals surface area contributed by atoms with Crippen LogP contribution in [0.4, 0.5) is 4.79 Å². The number of hydrogen-bond acceptors (Lipinski definition) is 5. The molecule has 0 aliphatic rings. The third-order valence-electron chi connectivity index (χ3n) is 1.90. The van der Waals surface area contributed by atoms with Crippen molar-refractivity contribution in [1.82, 2.24) is 10.5 Å². The molecule has 1 atom stereocenters. The Bertz CT molecular complexity index is 426. The molecule has 0 saturated heterocycles. The molecule has 1 heterocycles. The predicted octanol–water partition coefficient (Wildman–Crippen LogP) is 1.35. The standard InChI is InChI=1S/C10H12N2O5/c1-3-4-16-10(15)11-6(2)8-7(9(13)14)5-17-12-8/h3,5-6H,1,4H2,2H3,(H,11,15)(H,13,14). The number of ether oxygens (including phenoxy) is 1. The SMILES string of the molecule is C=CCOC(=O)NC(C)c1nocc1C(=O)O. The first-order valence-electron chi connectivity index (χ1n) is 4.78. The molecule has 0 aliphatic heterocycles. The van der Waals surface area contributed by atoms with E-state index in [2.05, 4.69) is 26.3 Å². The fourth-order valence-electron chi connectivity index (χ4n) is 1.14. The molecule has 17 heavy (non-hydrogen) atoms. The van der Waals surface area contributed by atoms with Gasteiger partial charge in [0, 0.05) is 0 Å². The van der Waals surface area contributed by atoms with Crippen molar-refractivity contribution in [1.29, 1.82) is 0 Å². The Labute approximate surface area is 97.0 Å². The van der Waals surface area contributed by atoms with E-state index in [1.54, 1.807) is 6.92 Å². The maximum absolute atomic E-state index is 11.2. The Morgan fingerprint density at radius 1 is 1.76 bits per heavy atom. The average molecular weight is 240 g/mol. The van der Waals surface area contributed by atoms with Crippen LogP contribution in [0.3, 0.4) is 0 Å². The smallest absolute Gasteiger partial charge is 0.407 e. The number of carbonyl (C=O) groups excluding carboxylic acids is 1. The van der Waals surface area contributed by atoms with E-state index >= 15 is 0 Å². The van der Waals surface area contributed by atoms with Crippen molar-refractivity contribution >= 4 is 12.1 Å². The van der Waals surface area contributed by atoms with Gasteiger partial charge in [0.25, 0.3) is 0 Å². The first-order chi connectivity index (χ1) is 8.06. The molecule has 0 aromatic carbocycles. The van der Waals surface area contributed by atoms with E-state index in [9.17, 15) is 9.59 Å². The molecule has 1 amide bonds. The number of amides is 1. The van der Waals surface area contributed by atoms with Crippen LogP contribution in [0.2, 0.25) is 0 Å². The fourth-order valence-corrected chi connectivity index (χ4v) is 1.14. The quantitative estimate of drug-likeness (QED) is 0.753. The van der Waals surface area contributed by atoms with Gasteiger partial charge < -0.3 is 19.7 Å². The highest BCUT2D eigenvalue weighted by molar-refractivity contribution is 5.88. The highest BCUT2D eigenvalue weighted by Gasteiger charge is 2.21. The van der Waals surface area contributed by atoms with E-state index in [1.165, 1.54) is 6.08 Å². The first-order valence-corrected chi connectivity index (χ1v) is 4.78. The number of aromatic carboxylic acids is 1. The predicted molar refractivity (Wildman–Crippen MR) is 56.6 cm³/mol. The number of nitrogens with zero attached hydrogens (tertiary/aromatic N) is 1. The molecule has 7 nitrogen and oxygen atoms in total. The van der Waals surface area contributed by atoms with Gasteiger partial charge in [-0.1, -0.05) is 17.8 Å². The first kappa shape index (κ1) is 12.8. The van der Waals surface area contributed by atoms with E-state index in [1.807, 2.05) is 0 Å². The zero-order valence-electron chi connectivity index (χ0n) is 9.17. The largest absolute Gasteiger partial charge is 0.478 e. The van der Waals surface area contributed by atoms with Crippen LogP contribution >= 0.6 is 0 Å². The molecule has 0 fully saturated rings. The minimum absolute atomic E-state index is 0.0726. The molecule has 0 saturated carbocycles.